The molecule has 2 amide bonds. The lowest BCUT2D eigenvalue weighted by Gasteiger charge is -2.29. The van der Waals surface area contributed by atoms with Crippen molar-refractivity contribution in [1.29, 1.82) is 0 Å². The molecule has 2 N–H and O–H groups in total. The third-order valence-corrected chi connectivity index (χ3v) is 7.38. The first kappa shape index (κ1) is 28.6. The van der Waals surface area contributed by atoms with Gasteiger partial charge in [-0.05, 0) is 93.6 Å². The standard InChI is InChI=1S/C32H28FN7O4/c1-39-15-11-21(12-16-39)37-31(42)26-17-25-27(19-35-26)34-13-10-28(25)44-23-8-9-29(36-18-23)38-30(41)24-3-2-14-40(32(24)43)22-6-4-20(33)5-7-22/h2-10,13-14,17-19,21H,11-12,15-16H2,1H3,(H,37,42)(H,36,38,41). The molecule has 1 aliphatic rings. The highest BCUT2D eigenvalue weighted by Crippen LogP contribution is 2.29. The van der Waals surface area contributed by atoms with Crippen LogP contribution in [-0.4, -0.2) is 62.4 Å². The lowest BCUT2D eigenvalue weighted by molar-refractivity contribution is 0.0911. The van der Waals surface area contributed by atoms with Gasteiger partial charge in [0.2, 0.25) is 0 Å². The Morgan fingerprint density at radius 2 is 1.75 bits per heavy atom. The van der Waals surface area contributed by atoms with E-state index in [4.69, 9.17) is 4.74 Å². The lowest BCUT2D eigenvalue weighted by atomic mass is 10.1. The van der Waals surface area contributed by atoms with Crippen molar-refractivity contribution in [2.24, 2.45) is 0 Å². The predicted octanol–water partition coefficient (Wildman–Crippen LogP) is 4.18. The number of carbonyl (C=O) groups excluding carboxylic acids is 2. The maximum absolute atomic E-state index is 13.3. The van der Waals surface area contributed by atoms with Gasteiger partial charge in [0.05, 0.1) is 17.9 Å². The summed E-state index contributed by atoms with van der Waals surface area (Å²) in [5, 5.41) is 6.30. The fraction of sp³-hybridized carbons (Fsp3) is 0.188. The summed E-state index contributed by atoms with van der Waals surface area (Å²) < 4.78 is 20.6. The average Bonchev–Trinajstić information content (AvgIpc) is 3.03. The van der Waals surface area contributed by atoms with Crippen molar-refractivity contribution in [2.75, 3.05) is 25.5 Å². The molecule has 0 atom stereocenters. The van der Waals surface area contributed by atoms with Crippen LogP contribution in [0.25, 0.3) is 16.6 Å². The molecule has 5 aromatic rings. The molecule has 1 aliphatic heterocycles. The predicted molar refractivity (Wildman–Crippen MR) is 162 cm³/mol. The minimum Gasteiger partial charge on any atom is -0.455 e. The number of benzene rings is 1. The lowest BCUT2D eigenvalue weighted by Crippen LogP contribution is -2.43. The third-order valence-electron chi connectivity index (χ3n) is 7.38. The molecule has 0 radical (unpaired) electrons. The molecule has 4 aromatic heterocycles. The van der Waals surface area contributed by atoms with Gasteiger partial charge in [-0.3, -0.25) is 23.9 Å². The Morgan fingerprint density at radius 1 is 0.955 bits per heavy atom. The molecule has 0 aliphatic carbocycles. The summed E-state index contributed by atoms with van der Waals surface area (Å²) in [5.41, 5.74) is 0.589. The van der Waals surface area contributed by atoms with Crippen molar-refractivity contribution < 1.29 is 18.7 Å². The molecule has 5 heterocycles. The summed E-state index contributed by atoms with van der Waals surface area (Å²) in [4.78, 5) is 53.9. The molecule has 0 spiro atoms. The topological polar surface area (TPSA) is 131 Å². The summed E-state index contributed by atoms with van der Waals surface area (Å²) in [6, 6.07) is 14.9. The summed E-state index contributed by atoms with van der Waals surface area (Å²) in [7, 11) is 2.07. The van der Waals surface area contributed by atoms with E-state index < -0.39 is 17.3 Å². The summed E-state index contributed by atoms with van der Waals surface area (Å²) in [6.07, 6.45) is 7.82. The Balaban J connectivity index is 1.15. The Labute approximate surface area is 251 Å². The van der Waals surface area contributed by atoms with E-state index in [0.29, 0.717) is 28.1 Å². The van der Waals surface area contributed by atoms with Crippen molar-refractivity contribution in [3.8, 4) is 17.2 Å². The monoisotopic (exact) mass is 593 g/mol. The molecule has 12 heteroatoms. The van der Waals surface area contributed by atoms with Gasteiger partial charge in [0.25, 0.3) is 17.4 Å². The van der Waals surface area contributed by atoms with Crippen LogP contribution in [0.15, 0.2) is 90.2 Å². The van der Waals surface area contributed by atoms with E-state index in [2.05, 4.69) is 37.5 Å². The van der Waals surface area contributed by atoms with E-state index in [-0.39, 0.29) is 29.0 Å². The maximum Gasteiger partial charge on any atom is 0.270 e. The Morgan fingerprint density at radius 3 is 2.50 bits per heavy atom. The summed E-state index contributed by atoms with van der Waals surface area (Å²) in [5.74, 6) is -0.292. The van der Waals surface area contributed by atoms with Crippen LogP contribution >= 0.6 is 0 Å². The number of piperidine rings is 1. The quantitative estimate of drug-likeness (QED) is 0.287. The number of rotatable bonds is 7. The molecule has 1 aromatic carbocycles. The van der Waals surface area contributed by atoms with Crippen molar-refractivity contribution in [2.45, 2.75) is 18.9 Å². The van der Waals surface area contributed by atoms with Crippen LogP contribution in [0.2, 0.25) is 0 Å². The molecule has 0 unspecified atom stereocenters. The number of fused-ring (bicyclic) bond motifs is 1. The van der Waals surface area contributed by atoms with Gasteiger partial charge >= 0.3 is 0 Å². The number of aromatic nitrogens is 4. The van der Waals surface area contributed by atoms with Crippen molar-refractivity contribution in [3.05, 3.63) is 113 Å². The number of nitrogens with zero attached hydrogens (tertiary/aromatic N) is 5. The number of anilines is 1. The first-order valence-corrected chi connectivity index (χ1v) is 14.0. The fourth-order valence-electron chi connectivity index (χ4n) is 4.95. The van der Waals surface area contributed by atoms with E-state index in [9.17, 15) is 18.8 Å². The third kappa shape index (κ3) is 6.30. The van der Waals surface area contributed by atoms with E-state index in [1.807, 2.05) is 0 Å². The van der Waals surface area contributed by atoms with Gasteiger partial charge in [-0.25, -0.2) is 14.4 Å². The average molecular weight is 594 g/mol. The second-order valence-electron chi connectivity index (χ2n) is 10.5. The second-order valence-corrected chi connectivity index (χ2v) is 10.5. The minimum absolute atomic E-state index is 0.101. The molecule has 0 bridgehead atoms. The summed E-state index contributed by atoms with van der Waals surface area (Å²) in [6.45, 7) is 1.86. The number of carbonyl (C=O) groups is 2. The van der Waals surface area contributed by atoms with E-state index >= 15 is 0 Å². The largest absolute Gasteiger partial charge is 0.455 e. The van der Waals surface area contributed by atoms with Gasteiger partial charge in [0, 0.05) is 29.5 Å². The van der Waals surface area contributed by atoms with Gasteiger partial charge in [0.15, 0.2) is 0 Å². The number of pyridine rings is 4. The smallest absolute Gasteiger partial charge is 0.270 e. The van der Waals surface area contributed by atoms with E-state index in [1.54, 1.807) is 36.5 Å². The van der Waals surface area contributed by atoms with Crippen LogP contribution in [0, 0.1) is 5.82 Å². The maximum atomic E-state index is 13.3. The molecule has 6 rings (SSSR count). The molecule has 0 saturated carbocycles. The Hall–Kier alpha value is -5.49. The van der Waals surface area contributed by atoms with Crippen molar-refractivity contribution in [3.63, 3.8) is 0 Å². The zero-order chi connectivity index (χ0) is 30.6. The zero-order valence-electron chi connectivity index (χ0n) is 23.7. The van der Waals surface area contributed by atoms with Crippen molar-refractivity contribution in [1.82, 2.24) is 29.7 Å². The molecule has 1 saturated heterocycles. The second kappa shape index (κ2) is 12.4. The highest BCUT2D eigenvalue weighted by molar-refractivity contribution is 6.03. The molecular weight excluding hydrogens is 565 g/mol. The van der Waals surface area contributed by atoms with Crippen LogP contribution in [0.3, 0.4) is 0 Å². The SMILES string of the molecule is CN1CCC(NC(=O)c2cc3c(Oc4ccc(NC(=O)c5cccn(-c6ccc(F)cc6)c5=O)nc4)ccnc3cn2)CC1. The number of halogens is 1. The van der Waals surface area contributed by atoms with Gasteiger partial charge < -0.3 is 20.3 Å². The zero-order valence-corrected chi connectivity index (χ0v) is 23.7. The van der Waals surface area contributed by atoms with Crippen LogP contribution in [0.1, 0.15) is 33.7 Å². The molecule has 1 fully saturated rings. The normalized spacial score (nSPS) is 13.9. The minimum atomic E-state index is -0.647. The summed E-state index contributed by atoms with van der Waals surface area (Å²) >= 11 is 0. The van der Waals surface area contributed by atoms with E-state index in [1.165, 1.54) is 53.5 Å². The van der Waals surface area contributed by atoms with Gasteiger partial charge in [-0.15, -0.1) is 0 Å². The Kier molecular flexibility index (Phi) is 8.06. The van der Waals surface area contributed by atoms with Gasteiger partial charge in [-0.2, -0.15) is 0 Å². The highest BCUT2D eigenvalue weighted by atomic mass is 19.1. The van der Waals surface area contributed by atoms with Crippen LogP contribution < -0.4 is 20.9 Å². The number of nitrogens with one attached hydrogen (secondary N) is 2. The Bertz CT molecular complexity index is 1890. The number of hydrogen-bond acceptors (Lipinski definition) is 8. The molecule has 222 valence electrons. The first-order valence-electron chi connectivity index (χ1n) is 14.0. The van der Waals surface area contributed by atoms with Crippen LogP contribution in [0.5, 0.6) is 11.5 Å². The van der Waals surface area contributed by atoms with Gasteiger partial charge in [-0.1, -0.05) is 0 Å². The first-order chi connectivity index (χ1) is 21.3. The molecule has 11 nitrogen and oxygen atoms in total. The number of likely N-dealkylation sites (tertiary alicyclic amines) is 1. The highest BCUT2D eigenvalue weighted by Gasteiger charge is 2.20. The van der Waals surface area contributed by atoms with Crippen LogP contribution in [-0.2, 0) is 0 Å². The van der Waals surface area contributed by atoms with Crippen molar-refractivity contribution >= 4 is 28.5 Å². The number of ether oxygens (including phenoxy) is 1. The fourth-order valence-corrected chi connectivity index (χ4v) is 4.95. The number of amides is 2. The van der Waals surface area contributed by atoms with Gasteiger partial charge in [0.1, 0.15) is 34.4 Å². The van der Waals surface area contributed by atoms with Crippen LogP contribution in [0.4, 0.5) is 10.2 Å². The number of hydrogen-bond donors (Lipinski definition) is 2. The van der Waals surface area contributed by atoms with E-state index in [0.717, 1.165) is 25.9 Å². The molecular formula is C32H28FN7O4. The molecule has 44 heavy (non-hydrogen) atoms.